The normalized spacial score (nSPS) is 20.8. The molecule has 0 aromatic rings. The first kappa shape index (κ1) is 12.8. The van der Waals surface area contributed by atoms with E-state index in [1.165, 1.54) is 0 Å². The highest BCUT2D eigenvalue weighted by Crippen LogP contribution is 2.31. The topological polar surface area (TPSA) is 29.3 Å². The summed E-state index contributed by atoms with van der Waals surface area (Å²) in [6.07, 6.45) is -1.60. The number of hydrogen-bond donors (Lipinski definition) is 1. The van der Waals surface area contributed by atoms with E-state index in [2.05, 4.69) is 4.90 Å². The number of rotatable bonds is 5. The summed E-state index contributed by atoms with van der Waals surface area (Å²) in [5, 5.41) is 0. The zero-order valence-electron chi connectivity index (χ0n) is 8.89. The predicted octanol–water partition coefficient (Wildman–Crippen LogP) is 2.00. The van der Waals surface area contributed by atoms with Crippen LogP contribution >= 0.6 is 0 Å². The molecular weight excluding hydrogens is 205 g/mol. The van der Waals surface area contributed by atoms with E-state index >= 15 is 0 Å². The monoisotopic (exact) mass is 224 g/mol. The zero-order chi connectivity index (χ0) is 11.3. The summed E-state index contributed by atoms with van der Waals surface area (Å²) in [5.41, 5.74) is 5.20. The van der Waals surface area contributed by atoms with E-state index in [0.29, 0.717) is 6.54 Å². The number of nitrogens with zero attached hydrogens (tertiary/aromatic N) is 1. The van der Waals surface area contributed by atoms with Crippen LogP contribution in [0.3, 0.4) is 0 Å². The van der Waals surface area contributed by atoms with E-state index in [1.807, 2.05) is 0 Å². The molecule has 0 amide bonds. The van der Waals surface area contributed by atoms with Gasteiger partial charge in [0.2, 0.25) is 0 Å². The summed E-state index contributed by atoms with van der Waals surface area (Å²) in [6, 6.07) is 0. The number of halogens is 3. The Kier molecular flexibility index (Phi) is 4.86. The third kappa shape index (κ3) is 4.38. The summed E-state index contributed by atoms with van der Waals surface area (Å²) in [6.45, 7) is 2.58. The summed E-state index contributed by atoms with van der Waals surface area (Å²) >= 11 is 0. The van der Waals surface area contributed by atoms with Crippen molar-refractivity contribution in [1.82, 2.24) is 4.90 Å². The molecule has 1 saturated heterocycles. The molecule has 1 fully saturated rings. The first-order valence-electron chi connectivity index (χ1n) is 5.53. The van der Waals surface area contributed by atoms with Gasteiger partial charge in [-0.05, 0) is 51.9 Å². The summed E-state index contributed by atoms with van der Waals surface area (Å²) in [5.74, 6) is -1.22. The molecule has 1 unspecified atom stereocenters. The molecule has 1 atom stereocenters. The Balaban J connectivity index is 2.30. The molecule has 1 aliphatic rings. The lowest BCUT2D eigenvalue weighted by Crippen LogP contribution is -2.30. The first-order valence-corrected chi connectivity index (χ1v) is 5.53. The minimum Gasteiger partial charge on any atom is -0.330 e. The molecule has 0 radical (unpaired) electrons. The van der Waals surface area contributed by atoms with Crippen molar-refractivity contribution in [3.63, 3.8) is 0 Å². The molecular formula is C10H19F3N2. The Labute approximate surface area is 88.6 Å². The van der Waals surface area contributed by atoms with Gasteiger partial charge in [0.1, 0.15) is 0 Å². The van der Waals surface area contributed by atoms with E-state index in [9.17, 15) is 13.2 Å². The van der Waals surface area contributed by atoms with Crippen molar-refractivity contribution >= 4 is 0 Å². The van der Waals surface area contributed by atoms with Crippen molar-refractivity contribution in [3.8, 4) is 0 Å². The maximum Gasteiger partial charge on any atom is 0.391 e. The van der Waals surface area contributed by atoms with Crippen molar-refractivity contribution < 1.29 is 13.2 Å². The highest BCUT2D eigenvalue weighted by molar-refractivity contribution is 4.73. The fourth-order valence-corrected chi connectivity index (χ4v) is 2.02. The van der Waals surface area contributed by atoms with Crippen LogP contribution in [0.5, 0.6) is 0 Å². The minimum atomic E-state index is -4.08. The van der Waals surface area contributed by atoms with Gasteiger partial charge in [-0.25, -0.2) is 0 Å². The van der Waals surface area contributed by atoms with Crippen molar-refractivity contribution in [2.75, 3.05) is 26.2 Å². The molecule has 0 aliphatic carbocycles. The second kappa shape index (κ2) is 5.70. The molecule has 1 aliphatic heterocycles. The molecule has 2 N–H and O–H groups in total. The van der Waals surface area contributed by atoms with Gasteiger partial charge in [-0.15, -0.1) is 0 Å². The Morgan fingerprint density at radius 2 is 1.73 bits per heavy atom. The molecule has 5 heteroatoms. The van der Waals surface area contributed by atoms with Crippen molar-refractivity contribution in [2.45, 2.75) is 31.9 Å². The van der Waals surface area contributed by atoms with Crippen LogP contribution in [0.4, 0.5) is 13.2 Å². The van der Waals surface area contributed by atoms with Crippen LogP contribution < -0.4 is 5.73 Å². The fourth-order valence-electron chi connectivity index (χ4n) is 2.02. The number of alkyl halides is 3. The van der Waals surface area contributed by atoms with E-state index in [4.69, 9.17) is 5.73 Å². The van der Waals surface area contributed by atoms with Gasteiger partial charge in [0.15, 0.2) is 0 Å². The van der Waals surface area contributed by atoms with Crippen molar-refractivity contribution in [3.05, 3.63) is 0 Å². The number of nitrogens with two attached hydrogens (primary N) is 1. The van der Waals surface area contributed by atoms with Gasteiger partial charge in [-0.2, -0.15) is 13.2 Å². The number of hydrogen-bond acceptors (Lipinski definition) is 2. The van der Waals surface area contributed by atoms with Crippen LogP contribution in [0.2, 0.25) is 0 Å². The molecule has 0 bridgehead atoms. The summed E-state index contributed by atoms with van der Waals surface area (Å²) in [4.78, 5) is 2.11. The van der Waals surface area contributed by atoms with Crippen molar-refractivity contribution in [2.24, 2.45) is 11.7 Å². The molecule has 2 nitrogen and oxygen atoms in total. The molecule has 15 heavy (non-hydrogen) atoms. The largest absolute Gasteiger partial charge is 0.391 e. The van der Waals surface area contributed by atoms with Crippen LogP contribution in [0.25, 0.3) is 0 Å². The van der Waals surface area contributed by atoms with Crippen LogP contribution in [-0.2, 0) is 0 Å². The van der Waals surface area contributed by atoms with E-state index in [0.717, 1.165) is 25.9 Å². The Hall–Kier alpha value is -0.290. The van der Waals surface area contributed by atoms with Gasteiger partial charge in [-0.3, -0.25) is 0 Å². The third-order valence-corrected chi connectivity index (χ3v) is 2.97. The second-order valence-electron chi connectivity index (χ2n) is 4.15. The van der Waals surface area contributed by atoms with Crippen LogP contribution in [0.15, 0.2) is 0 Å². The summed E-state index contributed by atoms with van der Waals surface area (Å²) in [7, 11) is 0. The van der Waals surface area contributed by atoms with Crippen LogP contribution in [0, 0.1) is 5.92 Å². The highest BCUT2D eigenvalue weighted by Gasteiger charge is 2.38. The zero-order valence-corrected chi connectivity index (χ0v) is 8.89. The molecule has 1 heterocycles. The van der Waals surface area contributed by atoms with Gasteiger partial charge in [0, 0.05) is 0 Å². The standard InChI is InChI=1S/C10H19F3N2/c11-10(12,13)9(3-5-14)4-8-15-6-1-2-7-15/h9H,1-8,14H2. The third-order valence-electron chi connectivity index (χ3n) is 2.97. The van der Waals surface area contributed by atoms with E-state index < -0.39 is 12.1 Å². The number of likely N-dealkylation sites (tertiary alicyclic amines) is 1. The smallest absolute Gasteiger partial charge is 0.330 e. The highest BCUT2D eigenvalue weighted by atomic mass is 19.4. The summed E-state index contributed by atoms with van der Waals surface area (Å²) < 4.78 is 37.5. The van der Waals surface area contributed by atoms with Crippen LogP contribution in [-0.4, -0.2) is 37.3 Å². The Bertz CT molecular complexity index is 176. The lowest BCUT2D eigenvalue weighted by Gasteiger charge is -2.22. The molecule has 1 rings (SSSR count). The second-order valence-corrected chi connectivity index (χ2v) is 4.15. The van der Waals surface area contributed by atoms with Gasteiger partial charge in [-0.1, -0.05) is 0 Å². The van der Waals surface area contributed by atoms with Gasteiger partial charge >= 0.3 is 6.18 Å². The van der Waals surface area contributed by atoms with E-state index in [1.54, 1.807) is 0 Å². The van der Waals surface area contributed by atoms with Gasteiger partial charge in [0.05, 0.1) is 5.92 Å². The molecule has 0 aromatic heterocycles. The average molecular weight is 224 g/mol. The fraction of sp³-hybridized carbons (Fsp3) is 1.00. The lowest BCUT2D eigenvalue weighted by atomic mass is 10.0. The van der Waals surface area contributed by atoms with Crippen LogP contribution in [0.1, 0.15) is 25.7 Å². The lowest BCUT2D eigenvalue weighted by molar-refractivity contribution is -0.178. The first-order chi connectivity index (χ1) is 7.04. The Morgan fingerprint density at radius 3 is 2.20 bits per heavy atom. The predicted molar refractivity (Wildman–Crippen MR) is 53.5 cm³/mol. The van der Waals surface area contributed by atoms with Crippen molar-refractivity contribution in [1.29, 1.82) is 0 Å². The Morgan fingerprint density at radius 1 is 1.13 bits per heavy atom. The van der Waals surface area contributed by atoms with Gasteiger partial charge < -0.3 is 10.6 Å². The molecule has 0 saturated carbocycles. The van der Waals surface area contributed by atoms with E-state index in [-0.39, 0.29) is 19.4 Å². The maximum absolute atomic E-state index is 12.5. The maximum atomic E-state index is 12.5. The molecule has 90 valence electrons. The quantitative estimate of drug-likeness (QED) is 0.774. The van der Waals surface area contributed by atoms with Gasteiger partial charge in [0.25, 0.3) is 0 Å². The molecule has 0 spiro atoms. The average Bonchev–Trinajstić information content (AvgIpc) is 2.62. The molecule has 0 aromatic carbocycles. The minimum absolute atomic E-state index is 0.0529. The SMILES string of the molecule is NCCC(CCN1CCCC1)C(F)(F)F.